The molecule has 1 aliphatic rings. The smallest absolute Gasteiger partial charge is 0.156 e. The summed E-state index contributed by atoms with van der Waals surface area (Å²) in [6, 6.07) is 0. The van der Waals surface area contributed by atoms with E-state index in [0.717, 1.165) is 43.2 Å². The van der Waals surface area contributed by atoms with Gasteiger partial charge in [0.15, 0.2) is 5.82 Å². The molecule has 2 N–H and O–H groups in total. The van der Waals surface area contributed by atoms with Crippen LogP contribution in [0, 0.1) is 0 Å². The number of rotatable bonds is 4. The van der Waals surface area contributed by atoms with Crippen molar-refractivity contribution in [2.75, 3.05) is 23.7 Å². The summed E-state index contributed by atoms with van der Waals surface area (Å²) in [5.74, 6) is 2.14. The van der Waals surface area contributed by atoms with Crippen LogP contribution in [0.4, 0.5) is 5.82 Å². The minimum absolute atomic E-state index is 0.265. The standard InChI is InChI=1S/C15H26N4S/c1-5-11-12(9-16)14(18-17-13(11)6-2)19-7-8-20-15(3,4)10-19/h5-10,16H2,1-4H3. The first-order valence-electron chi connectivity index (χ1n) is 7.48. The average Bonchev–Trinajstić information content (AvgIpc) is 2.44. The van der Waals surface area contributed by atoms with Gasteiger partial charge in [-0.3, -0.25) is 0 Å². The monoisotopic (exact) mass is 294 g/mol. The fourth-order valence-corrected chi connectivity index (χ4v) is 4.02. The van der Waals surface area contributed by atoms with Crippen LogP contribution >= 0.6 is 11.8 Å². The molecule has 0 aromatic carbocycles. The molecule has 0 amide bonds. The Bertz CT molecular complexity index is 473. The van der Waals surface area contributed by atoms with Gasteiger partial charge in [0, 0.05) is 35.7 Å². The van der Waals surface area contributed by atoms with Crippen molar-refractivity contribution in [3.05, 3.63) is 16.8 Å². The molecule has 5 heteroatoms. The van der Waals surface area contributed by atoms with Crippen LogP contribution in [0.15, 0.2) is 0 Å². The molecule has 0 radical (unpaired) electrons. The summed E-state index contributed by atoms with van der Waals surface area (Å²) in [5, 5.41) is 8.95. The first-order chi connectivity index (χ1) is 9.52. The molecule has 4 nitrogen and oxygen atoms in total. The zero-order valence-electron chi connectivity index (χ0n) is 13.1. The second kappa shape index (κ2) is 6.31. The zero-order valence-corrected chi connectivity index (χ0v) is 13.9. The second-order valence-electron chi connectivity index (χ2n) is 5.87. The molecular weight excluding hydrogens is 268 g/mol. The van der Waals surface area contributed by atoms with Crippen molar-refractivity contribution >= 4 is 17.6 Å². The van der Waals surface area contributed by atoms with Crippen molar-refractivity contribution in [2.24, 2.45) is 5.73 Å². The van der Waals surface area contributed by atoms with Crippen LogP contribution in [0.5, 0.6) is 0 Å². The Kier molecular flexibility index (Phi) is 4.91. The molecule has 0 bridgehead atoms. The van der Waals surface area contributed by atoms with Crippen LogP contribution in [-0.4, -0.2) is 33.8 Å². The van der Waals surface area contributed by atoms with Crippen LogP contribution in [0.2, 0.25) is 0 Å². The molecule has 0 atom stereocenters. The van der Waals surface area contributed by atoms with Crippen molar-refractivity contribution in [3.8, 4) is 0 Å². The van der Waals surface area contributed by atoms with E-state index in [-0.39, 0.29) is 4.75 Å². The molecule has 1 saturated heterocycles. The molecule has 2 heterocycles. The van der Waals surface area contributed by atoms with Crippen molar-refractivity contribution in [3.63, 3.8) is 0 Å². The van der Waals surface area contributed by atoms with E-state index in [4.69, 9.17) is 5.73 Å². The van der Waals surface area contributed by atoms with Gasteiger partial charge < -0.3 is 10.6 Å². The van der Waals surface area contributed by atoms with Gasteiger partial charge >= 0.3 is 0 Å². The topological polar surface area (TPSA) is 55.0 Å². The Balaban J connectivity index is 2.41. The Hall–Kier alpha value is -0.810. The van der Waals surface area contributed by atoms with E-state index in [1.807, 2.05) is 11.8 Å². The number of hydrogen-bond acceptors (Lipinski definition) is 5. The van der Waals surface area contributed by atoms with Crippen molar-refractivity contribution in [2.45, 2.75) is 51.8 Å². The Morgan fingerprint density at radius 3 is 2.50 bits per heavy atom. The van der Waals surface area contributed by atoms with Crippen molar-refractivity contribution < 1.29 is 0 Å². The van der Waals surface area contributed by atoms with Gasteiger partial charge in [0.1, 0.15) is 0 Å². The largest absolute Gasteiger partial charge is 0.353 e. The lowest BCUT2D eigenvalue weighted by molar-refractivity contribution is 0.633. The molecule has 1 aromatic heterocycles. The van der Waals surface area contributed by atoms with Crippen molar-refractivity contribution in [1.82, 2.24) is 10.2 Å². The molecule has 2 rings (SSSR count). The van der Waals surface area contributed by atoms with Crippen molar-refractivity contribution in [1.29, 1.82) is 0 Å². The highest BCUT2D eigenvalue weighted by atomic mass is 32.2. The third kappa shape index (κ3) is 3.09. The lowest BCUT2D eigenvalue weighted by Gasteiger charge is -2.39. The summed E-state index contributed by atoms with van der Waals surface area (Å²) in [4.78, 5) is 2.37. The number of nitrogens with zero attached hydrogens (tertiary/aromatic N) is 3. The molecule has 1 fully saturated rings. The summed E-state index contributed by atoms with van der Waals surface area (Å²) in [6.45, 7) is 11.5. The van der Waals surface area contributed by atoms with Crippen LogP contribution in [0.3, 0.4) is 0 Å². The van der Waals surface area contributed by atoms with E-state index in [1.165, 1.54) is 11.1 Å². The predicted molar refractivity (Wildman–Crippen MR) is 87.4 cm³/mol. The van der Waals surface area contributed by atoms with Gasteiger partial charge in [-0.1, -0.05) is 13.8 Å². The molecule has 0 aliphatic carbocycles. The average molecular weight is 294 g/mol. The number of thioether (sulfide) groups is 1. The number of aromatic nitrogens is 2. The molecular formula is C15H26N4S. The number of nitrogens with two attached hydrogens (primary N) is 1. The third-order valence-electron chi connectivity index (χ3n) is 3.87. The fraction of sp³-hybridized carbons (Fsp3) is 0.733. The van der Waals surface area contributed by atoms with Crippen LogP contribution in [0.1, 0.15) is 44.5 Å². The van der Waals surface area contributed by atoms with Gasteiger partial charge in [-0.25, -0.2) is 0 Å². The quantitative estimate of drug-likeness (QED) is 0.924. The van der Waals surface area contributed by atoms with Gasteiger partial charge in [-0.2, -0.15) is 16.9 Å². The molecule has 1 aliphatic heterocycles. The van der Waals surface area contributed by atoms with Crippen LogP contribution < -0.4 is 10.6 Å². The van der Waals surface area contributed by atoms with Crippen LogP contribution in [-0.2, 0) is 19.4 Å². The second-order valence-corrected chi connectivity index (χ2v) is 7.67. The van der Waals surface area contributed by atoms with E-state index < -0.39 is 0 Å². The minimum Gasteiger partial charge on any atom is -0.353 e. The number of hydrogen-bond donors (Lipinski definition) is 1. The van der Waals surface area contributed by atoms with E-state index in [2.05, 4.69) is 42.8 Å². The zero-order chi connectivity index (χ0) is 14.8. The molecule has 0 spiro atoms. The maximum absolute atomic E-state index is 6.03. The summed E-state index contributed by atoms with van der Waals surface area (Å²) in [6.07, 6.45) is 1.90. The highest BCUT2D eigenvalue weighted by Gasteiger charge is 2.29. The molecule has 1 aromatic rings. The predicted octanol–water partition coefficient (Wildman–Crippen LogP) is 2.39. The van der Waals surface area contributed by atoms with E-state index >= 15 is 0 Å². The van der Waals surface area contributed by atoms with E-state index in [9.17, 15) is 0 Å². The number of anilines is 1. The van der Waals surface area contributed by atoms with E-state index in [0.29, 0.717) is 6.54 Å². The molecule has 0 unspecified atom stereocenters. The van der Waals surface area contributed by atoms with Gasteiger partial charge in [-0.15, -0.1) is 5.10 Å². The lowest BCUT2D eigenvalue weighted by Crippen LogP contribution is -2.44. The summed E-state index contributed by atoms with van der Waals surface area (Å²) in [5.41, 5.74) is 9.62. The Labute approximate surface area is 126 Å². The highest BCUT2D eigenvalue weighted by molar-refractivity contribution is 8.00. The molecule has 112 valence electrons. The van der Waals surface area contributed by atoms with E-state index in [1.54, 1.807) is 0 Å². The SMILES string of the molecule is CCc1nnc(N2CCSC(C)(C)C2)c(CN)c1CC. The summed E-state index contributed by atoms with van der Waals surface area (Å²) >= 11 is 2.03. The maximum Gasteiger partial charge on any atom is 0.156 e. The summed E-state index contributed by atoms with van der Waals surface area (Å²) < 4.78 is 0.265. The first kappa shape index (κ1) is 15.6. The van der Waals surface area contributed by atoms with Gasteiger partial charge in [0.2, 0.25) is 0 Å². The molecule has 0 saturated carbocycles. The van der Waals surface area contributed by atoms with Gasteiger partial charge in [0.25, 0.3) is 0 Å². The maximum atomic E-state index is 6.03. The fourth-order valence-electron chi connectivity index (χ4n) is 2.90. The molecule has 20 heavy (non-hydrogen) atoms. The van der Waals surface area contributed by atoms with Crippen LogP contribution in [0.25, 0.3) is 0 Å². The van der Waals surface area contributed by atoms with Gasteiger partial charge in [0.05, 0.1) is 5.69 Å². The number of aryl methyl sites for hydroxylation is 1. The first-order valence-corrected chi connectivity index (χ1v) is 8.47. The highest BCUT2D eigenvalue weighted by Crippen LogP contribution is 2.33. The minimum atomic E-state index is 0.265. The summed E-state index contributed by atoms with van der Waals surface area (Å²) in [7, 11) is 0. The normalized spacial score (nSPS) is 18.4. The lowest BCUT2D eigenvalue weighted by atomic mass is 10.0. The van der Waals surface area contributed by atoms with Gasteiger partial charge in [-0.05, 0) is 32.3 Å². The third-order valence-corrected chi connectivity index (χ3v) is 5.16. The Morgan fingerprint density at radius 2 is 1.95 bits per heavy atom. The Morgan fingerprint density at radius 1 is 1.20 bits per heavy atom.